The quantitative estimate of drug-likeness (QED) is 0.184. The van der Waals surface area contributed by atoms with Crippen LogP contribution in [0.25, 0.3) is 39.5 Å². The highest BCUT2D eigenvalue weighted by Crippen LogP contribution is 2.84. The first-order chi connectivity index (χ1) is 26.6. The SMILES string of the molecule is C1=CC2=C(CC1)C1(c3ccccc3Oc3ccc(-c4cc(-c5ccccc5)nc(-c5ccc(C67CC8C[C@H]9C[C@H](C6)[C@]89C7)cc5)n4)cc31)c1ccccc12. The highest BCUT2D eigenvalue weighted by Gasteiger charge is 2.77. The van der Waals surface area contributed by atoms with Crippen LogP contribution in [0.1, 0.15) is 72.8 Å². The molecule has 5 aromatic carbocycles. The number of nitrogens with zero attached hydrogens (tertiary/aromatic N) is 2. The van der Waals surface area contributed by atoms with Gasteiger partial charge in [0.05, 0.1) is 16.8 Å². The minimum absolute atomic E-state index is 0.388. The molecule has 3 unspecified atom stereocenters. The van der Waals surface area contributed by atoms with E-state index in [0.717, 1.165) is 76.0 Å². The van der Waals surface area contributed by atoms with Gasteiger partial charge in [-0.25, -0.2) is 9.97 Å². The molecular weight excluding hydrogens is 657 g/mol. The van der Waals surface area contributed by atoms with Crippen LogP contribution in [0.2, 0.25) is 0 Å². The van der Waals surface area contributed by atoms with Gasteiger partial charge in [0.1, 0.15) is 11.5 Å². The van der Waals surface area contributed by atoms with E-state index in [0.29, 0.717) is 10.8 Å². The Morgan fingerprint density at radius 1 is 0.593 bits per heavy atom. The van der Waals surface area contributed by atoms with E-state index in [-0.39, 0.29) is 0 Å². The highest BCUT2D eigenvalue weighted by molar-refractivity contribution is 5.92. The Balaban J connectivity index is 0.969. The fourth-order valence-electron chi connectivity index (χ4n) is 13.2. The van der Waals surface area contributed by atoms with Crippen molar-refractivity contribution >= 4 is 5.57 Å². The Morgan fingerprint density at radius 2 is 1.30 bits per heavy atom. The summed E-state index contributed by atoms with van der Waals surface area (Å²) in [5, 5.41) is 0. The maximum absolute atomic E-state index is 6.76. The summed E-state index contributed by atoms with van der Waals surface area (Å²) in [7, 11) is 0. The largest absolute Gasteiger partial charge is 0.457 e. The molecule has 7 aliphatic rings. The minimum atomic E-state index is -0.441. The third kappa shape index (κ3) is 3.64. The molecule has 260 valence electrons. The van der Waals surface area contributed by atoms with E-state index in [1.54, 1.807) is 5.56 Å². The van der Waals surface area contributed by atoms with Gasteiger partial charge in [0.15, 0.2) is 5.82 Å². The normalized spacial score (nSPS) is 29.7. The zero-order valence-corrected chi connectivity index (χ0v) is 30.3. The highest BCUT2D eigenvalue weighted by atomic mass is 16.5. The number of rotatable bonds is 4. The second-order valence-corrected chi connectivity index (χ2v) is 17.4. The lowest BCUT2D eigenvalue weighted by molar-refractivity contribution is -0.175. The lowest BCUT2D eigenvalue weighted by Crippen LogP contribution is -2.59. The van der Waals surface area contributed by atoms with Crippen LogP contribution in [0.5, 0.6) is 11.5 Å². The molecule has 2 heterocycles. The molecule has 6 atom stereocenters. The molecule has 1 aliphatic heterocycles. The molecule has 4 saturated carbocycles. The number of benzene rings is 5. The van der Waals surface area contributed by atoms with E-state index in [2.05, 4.69) is 140 Å². The zero-order chi connectivity index (χ0) is 35.2. The second kappa shape index (κ2) is 10.4. The molecule has 2 spiro atoms. The number of ether oxygens (including phenoxy) is 1. The number of aromatic nitrogens is 2. The van der Waals surface area contributed by atoms with Crippen LogP contribution in [-0.2, 0) is 10.8 Å². The van der Waals surface area contributed by atoms with Crippen LogP contribution >= 0.6 is 0 Å². The van der Waals surface area contributed by atoms with Gasteiger partial charge in [-0.05, 0) is 132 Å². The first-order valence-electron chi connectivity index (χ1n) is 20.1. The summed E-state index contributed by atoms with van der Waals surface area (Å²) >= 11 is 0. The van der Waals surface area contributed by atoms with Crippen molar-refractivity contribution in [1.29, 1.82) is 0 Å². The van der Waals surface area contributed by atoms with Gasteiger partial charge in [-0.3, -0.25) is 0 Å². The Bertz CT molecular complexity index is 2640. The van der Waals surface area contributed by atoms with E-state index in [4.69, 9.17) is 14.7 Å². The molecule has 0 radical (unpaired) electrons. The summed E-state index contributed by atoms with van der Waals surface area (Å²) in [4.78, 5) is 10.6. The molecule has 6 aliphatic carbocycles. The van der Waals surface area contributed by atoms with Crippen LogP contribution in [0.3, 0.4) is 0 Å². The van der Waals surface area contributed by atoms with Gasteiger partial charge in [0.25, 0.3) is 0 Å². The second-order valence-electron chi connectivity index (χ2n) is 17.4. The third-order valence-corrected chi connectivity index (χ3v) is 15.3. The smallest absolute Gasteiger partial charge is 0.160 e. The van der Waals surface area contributed by atoms with E-state index in [1.807, 2.05) is 0 Å². The average Bonchev–Trinajstić information content (AvgIpc) is 3.83. The Kier molecular flexibility index (Phi) is 5.73. The molecule has 0 saturated heterocycles. The van der Waals surface area contributed by atoms with Gasteiger partial charge >= 0.3 is 0 Å². The fourth-order valence-corrected chi connectivity index (χ4v) is 13.2. The molecule has 3 nitrogen and oxygen atoms in total. The predicted octanol–water partition coefficient (Wildman–Crippen LogP) is 12.1. The molecule has 54 heavy (non-hydrogen) atoms. The van der Waals surface area contributed by atoms with Gasteiger partial charge in [-0.2, -0.15) is 0 Å². The Labute approximate surface area is 316 Å². The van der Waals surface area contributed by atoms with E-state index >= 15 is 0 Å². The van der Waals surface area contributed by atoms with Crippen molar-refractivity contribution in [3.8, 4) is 45.4 Å². The van der Waals surface area contributed by atoms with Crippen molar-refractivity contribution in [3.63, 3.8) is 0 Å². The van der Waals surface area contributed by atoms with E-state index in [9.17, 15) is 0 Å². The van der Waals surface area contributed by atoms with Gasteiger partial charge in [0, 0.05) is 27.8 Å². The third-order valence-electron chi connectivity index (χ3n) is 15.3. The van der Waals surface area contributed by atoms with Crippen molar-refractivity contribution in [2.24, 2.45) is 23.2 Å². The van der Waals surface area contributed by atoms with Crippen molar-refractivity contribution in [3.05, 3.63) is 173 Å². The van der Waals surface area contributed by atoms with E-state index in [1.165, 1.54) is 65.5 Å². The van der Waals surface area contributed by atoms with E-state index < -0.39 is 5.41 Å². The van der Waals surface area contributed by atoms with Crippen LogP contribution in [0.4, 0.5) is 0 Å². The molecule has 13 rings (SSSR count). The molecule has 3 heteroatoms. The predicted molar refractivity (Wildman–Crippen MR) is 214 cm³/mol. The Morgan fingerprint density at radius 3 is 2.09 bits per heavy atom. The molecule has 2 bridgehead atoms. The first-order valence-corrected chi connectivity index (χ1v) is 20.1. The average molecular weight is 697 g/mol. The monoisotopic (exact) mass is 696 g/mol. The van der Waals surface area contributed by atoms with Crippen LogP contribution in [-0.4, -0.2) is 9.97 Å². The molecule has 1 aromatic heterocycles. The lowest BCUT2D eigenvalue weighted by atomic mass is 9.38. The summed E-state index contributed by atoms with van der Waals surface area (Å²) < 4.78 is 6.76. The number of para-hydroxylation sites is 1. The maximum atomic E-state index is 6.76. The summed E-state index contributed by atoms with van der Waals surface area (Å²) in [5.74, 6) is 5.61. The van der Waals surface area contributed by atoms with Crippen LogP contribution in [0.15, 0.2) is 145 Å². The summed E-state index contributed by atoms with van der Waals surface area (Å²) in [6.45, 7) is 0. The van der Waals surface area contributed by atoms with Crippen molar-refractivity contribution in [2.75, 3.05) is 0 Å². The lowest BCUT2D eigenvalue weighted by Gasteiger charge is -2.66. The summed E-state index contributed by atoms with van der Waals surface area (Å²) in [5.41, 5.74) is 15.2. The zero-order valence-electron chi connectivity index (χ0n) is 30.3. The van der Waals surface area contributed by atoms with Crippen LogP contribution in [0, 0.1) is 23.2 Å². The van der Waals surface area contributed by atoms with Crippen molar-refractivity contribution in [1.82, 2.24) is 9.97 Å². The number of allylic oxidation sites excluding steroid dienone is 4. The molecule has 4 fully saturated rings. The molecule has 0 amide bonds. The molecule has 0 N–H and O–H groups in total. The standard InChI is InChI=1S/C51H40N2O/c1-2-10-31(11-3-1)44-27-45(53-48(52-44)32-18-21-34(22-19-32)49-28-36-25-35-26-37(29-49)50(35,36)30-49)33-20-23-47-43(24-33)51(42-16-8-9-17-46(42)54-47)40-14-6-4-12-38(40)39-13-5-7-15-41(39)51/h1-6,8-14,16-24,27,35-37H,7,15,25-26,28-30H2/t35-,36-,37?,49?,50-,51?/m1/s1. The number of hydrogen-bond acceptors (Lipinski definition) is 3. The first kappa shape index (κ1) is 29.9. The molecular formula is C51H40N2O. The number of fused-ring (bicyclic) bond motifs is 9. The Hall–Kier alpha value is -5.54. The van der Waals surface area contributed by atoms with Crippen LogP contribution < -0.4 is 4.74 Å². The topological polar surface area (TPSA) is 35.0 Å². The van der Waals surface area contributed by atoms with Gasteiger partial charge in [-0.15, -0.1) is 0 Å². The minimum Gasteiger partial charge on any atom is -0.457 e. The summed E-state index contributed by atoms with van der Waals surface area (Å²) in [6, 6.07) is 46.6. The molecule has 6 aromatic rings. The van der Waals surface area contributed by atoms with Gasteiger partial charge in [0.2, 0.25) is 0 Å². The van der Waals surface area contributed by atoms with Gasteiger partial charge in [-0.1, -0.05) is 109 Å². The van der Waals surface area contributed by atoms with Crippen molar-refractivity contribution < 1.29 is 4.74 Å². The summed E-state index contributed by atoms with van der Waals surface area (Å²) in [6.07, 6.45) is 13.9. The van der Waals surface area contributed by atoms with Crippen molar-refractivity contribution in [2.45, 2.75) is 55.8 Å². The van der Waals surface area contributed by atoms with Gasteiger partial charge < -0.3 is 4.74 Å². The maximum Gasteiger partial charge on any atom is 0.160 e. The number of hydrogen-bond donors (Lipinski definition) is 0. The fraction of sp³-hybridized carbons (Fsp3) is 0.255.